The molecular formula is C17H17N3O2. The summed E-state index contributed by atoms with van der Waals surface area (Å²) in [6.45, 7) is 0. The third-order valence-electron chi connectivity index (χ3n) is 3.56. The largest absolute Gasteiger partial charge is 0.497 e. The van der Waals surface area contributed by atoms with Crippen LogP contribution >= 0.6 is 0 Å². The number of fused-ring (bicyclic) bond motifs is 1. The highest BCUT2D eigenvalue weighted by molar-refractivity contribution is 5.78. The summed E-state index contributed by atoms with van der Waals surface area (Å²) in [6.07, 6.45) is 0. The second-order valence-electron chi connectivity index (χ2n) is 5.24. The van der Waals surface area contributed by atoms with Crippen LogP contribution in [0.2, 0.25) is 0 Å². The summed E-state index contributed by atoms with van der Waals surface area (Å²) in [7, 11) is 5.54. The van der Waals surface area contributed by atoms with Gasteiger partial charge in [0.25, 0.3) is 5.56 Å². The molecule has 0 amide bonds. The predicted molar refractivity (Wildman–Crippen MR) is 88.7 cm³/mol. The van der Waals surface area contributed by atoms with Gasteiger partial charge >= 0.3 is 0 Å². The van der Waals surface area contributed by atoms with Gasteiger partial charge in [-0.25, -0.2) is 4.98 Å². The maximum absolute atomic E-state index is 12.3. The summed E-state index contributed by atoms with van der Waals surface area (Å²) in [5.41, 5.74) is 3.47. The summed E-state index contributed by atoms with van der Waals surface area (Å²) in [6, 6.07) is 13.2. The molecule has 1 aromatic heterocycles. The van der Waals surface area contributed by atoms with Crippen molar-refractivity contribution >= 4 is 16.7 Å². The number of nitrogens with one attached hydrogen (secondary N) is 1. The van der Waals surface area contributed by atoms with Gasteiger partial charge in [0.2, 0.25) is 0 Å². The third-order valence-corrected chi connectivity index (χ3v) is 3.56. The molecule has 0 radical (unpaired) electrons. The zero-order valence-electron chi connectivity index (χ0n) is 12.8. The van der Waals surface area contributed by atoms with Gasteiger partial charge in [-0.05, 0) is 24.3 Å². The molecule has 0 atom stereocenters. The van der Waals surface area contributed by atoms with E-state index in [-0.39, 0.29) is 5.56 Å². The second kappa shape index (κ2) is 5.52. The number of ether oxygens (including phenoxy) is 1. The lowest BCUT2D eigenvalue weighted by Crippen LogP contribution is -2.12. The van der Waals surface area contributed by atoms with Gasteiger partial charge in [0.1, 0.15) is 11.4 Å². The lowest BCUT2D eigenvalue weighted by atomic mass is 10.1. The van der Waals surface area contributed by atoms with Crippen LogP contribution in [0.4, 0.5) is 5.69 Å². The van der Waals surface area contributed by atoms with Crippen LogP contribution in [-0.2, 0) is 0 Å². The maximum Gasteiger partial charge on any atom is 0.274 e. The van der Waals surface area contributed by atoms with E-state index in [9.17, 15) is 4.79 Å². The molecule has 1 heterocycles. The molecule has 0 bridgehead atoms. The van der Waals surface area contributed by atoms with Crippen LogP contribution in [0, 0.1) is 0 Å². The standard InChI is InChI=1S/C17H17N3O2/c1-20(2)12-6-4-11(5-7-12)16-17(21)19-15-10-13(22-3)8-9-14(15)18-16/h4-10H,1-3H3,(H,19,21). The van der Waals surface area contributed by atoms with E-state index in [0.717, 1.165) is 16.8 Å². The predicted octanol–water partition coefficient (Wildman–Crippen LogP) is 2.66. The Morgan fingerprint density at radius 2 is 1.82 bits per heavy atom. The molecule has 5 nitrogen and oxygen atoms in total. The minimum atomic E-state index is -0.210. The van der Waals surface area contributed by atoms with E-state index in [4.69, 9.17) is 4.74 Å². The molecule has 1 N–H and O–H groups in total. The van der Waals surface area contributed by atoms with Crippen molar-refractivity contribution in [3.05, 3.63) is 52.8 Å². The molecule has 0 spiro atoms. The van der Waals surface area contributed by atoms with Crippen LogP contribution in [0.15, 0.2) is 47.3 Å². The van der Waals surface area contributed by atoms with Gasteiger partial charge in [0, 0.05) is 31.4 Å². The number of hydrogen-bond acceptors (Lipinski definition) is 4. The van der Waals surface area contributed by atoms with Gasteiger partial charge in [-0.15, -0.1) is 0 Å². The van der Waals surface area contributed by atoms with Crippen molar-refractivity contribution in [2.45, 2.75) is 0 Å². The quantitative estimate of drug-likeness (QED) is 0.807. The molecule has 0 fully saturated rings. The summed E-state index contributed by atoms with van der Waals surface area (Å²) in [4.78, 5) is 21.6. The molecule has 3 aromatic rings. The number of anilines is 1. The molecule has 2 aromatic carbocycles. The van der Waals surface area contributed by atoms with Gasteiger partial charge < -0.3 is 14.6 Å². The van der Waals surface area contributed by atoms with Crippen molar-refractivity contribution in [3.8, 4) is 17.0 Å². The van der Waals surface area contributed by atoms with Gasteiger partial charge in [-0.3, -0.25) is 4.79 Å². The van der Waals surface area contributed by atoms with Gasteiger partial charge in [0.05, 0.1) is 18.1 Å². The maximum atomic E-state index is 12.3. The van der Waals surface area contributed by atoms with Gasteiger partial charge in [-0.2, -0.15) is 0 Å². The Balaban J connectivity index is 2.10. The number of benzene rings is 2. The van der Waals surface area contributed by atoms with E-state index in [1.807, 2.05) is 55.4 Å². The first kappa shape index (κ1) is 14.1. The van der Waals surface area contributed by atoms with E-state index in [1.165, 1.54) is 0 Å². The van der Waals surface area contributed by atoms with Crippen molar-refractivity contribution in [2.24, 2.45) is 0 Å². The average Bonchev–Trinajstić information content (AvgIpc) is 2.53. The smallest absolute Gasteiger partial charge is 0.274 e. The number of aromatic nitrogens is 2. The molecule has 0 aliphatic rings. The van der Waals surface area contributed by atoms with Crippen molar-refractivity contribution in [1.29, 1.82) is 0 Å². The molecular weight excluding hydrogens is 278 g/mol. The molecule has 0 unspecified atom stereocenters. The lowest BCUT2D eigenvalue weighted by Gasteiger charge is -2.12. The summed E-state index contributed by atoms with van der Waals surface area (Å²) in [5, 5.41) is 0. The number of rotatable bonds is 3. The van der Waals surface area contributed by atoms with Crippen molar-refractivity contribution < 1.29 is 4.74 Å². The minimum absolute atomic E-state index is 0.210. The highest BCUT2D eigenvalue weighted by Gasteiger charge is 2.08. The molecule has 3 rings (SSSR count). The fourth-order valence-corrected chi connectivity index (χ4v) is 2.31. The SMILES string of the molecule is COc1ccc2nc(-c3ccc(N(C)C)cc3)c(=O)[nH]c2c1. The van der Waals surface area contributed by atoms with E-state index < -0.39 is 0 Å². The Bertz CT molecular complexity index is 867. The van der Waals surface area contributed by atoms with Crippen molar-refractivity contribution in [1.82, 2.24) is 9.97 Å². The lowest BCUT2D eigenvalue weighted by molar-refractivity contribution is 0.415. The molecule has 112 valence electrons. The molecule has 0 aliphatic carbocycles. The van der Waals surface area contributed by atoms with Crippen LogP contribution in [-0.4, -0.2) is 31.2 Å². The van der Waals surface area contributed by atoms with Crippen molar-refractivity contribution in [2.75, 3.05) is 26.1 Å². The van der Waals surface area contributed by atoms with E-state index in [0.29, 0.717) is 17.0 Å². The Kier molecular flexibility index (Phi) is 3.55. The topological polar surface area (TPSA) is 58.2 Å². The number of hydrogen-bond donors (Lipinski definition) is 1. The highest BCUT2D eigenvalue weighted by atomic mass is 16.5. The average molecular weight is 295 g/mol. The second-order valence-corrected chi connectivity index (χ2v) is 5.24. The van der Waals surface area contributed by atoms with Crippen molar-refractivity contribution in [3.63, 3.8) is 0 Å². The number of H-pyrrole nitrogens is 1. The fourth-order valence-electron chi connectivity index (χ4n) is 2.31. The zero-order valence-corrected chi connectivity index (χ0v) is 12.8. The molecule has 0 saturated carbocycles. The number of aromatic amines is 1. The van der Waals surface area contributed by atoms with Gasteiger partial charge in [0.15, 0.2) is 0 Å². The van der Waals surface area contributed by atoms with Crippen LogP contribution in [0.1, 0.15) is 0 Å². The first-order valence-corrected chi connectivity index (χ1v) is 6.94. The molecule has 0 aliphatic heterocycles. The summed E-state index contributed by atoms with van der Waals surface area (Å²) < 4.78 is 5.16. The third kappa shape index (κ3) is 2.53. The van der Waals surface area contributed by atoms with Crippen LogP contribution in [0.3, 0.4) is 0 Å². The first-order valence-electron chi connectivity index (χ1n) is 6.94. The summed E-state index contributed by atoms with van der Waals surface area (Å²) in [5.74, 6) is 0.688. The Hall–Kier alpha value is -2.82. The Labute approximate surface area is 128 Å². The Morgan fingerprint density at radius 1 is 1.09 bits per heavy atom. The van der Waals surface area contributed by atoms with E-state index >= 15 is 0 Å². The van der Waals surface area contributed by atoms with Gasteiger partial charge in [-0.1, -0.05) is 12.1 Å². The monoisotopic (exact) mass is 295 g/mol. The normalized spacial score (nSPS) is 10.7. The Morgan fingerprint density at radius 3 is 2.45 bits per heavy atom. The minimum Gasteiger partial charge on any atom is -0.497 e. The number of nitrogens with zero attached hydrogens (tertiary/aromatic N) is 2. The molecule has 5 heteroatoms. The first-order chi connectivity index (χ1) is 10.6. The fraction of sp³-hybridized carbons (Fsp3) is 0.176. The van der Waals surface area contributed by atoms with E-state index in [1.54, 1.807) is 13.2 Å². The van der Waals surface area contributed by atoms with E-state index in [2.05, 4.69) is 9.97 Å². The number of methoxy groups -OCH3 is 1. The highest BCUT2D eigenvalue weighted by Crippen LogP contribution is 2.21. The zero-order chi connectivity index (χ0) is 15.7. The van der Waals surface area contributed by atoms with Crippen LogP contribution in [0.25, 0.3) is 22.3 Å². The molecule has 0 saturated heterocycles. The van der Waals surface area contributed by atoms with Crippen LogP contribution in [0.5, 0.6) is 5.75 Å². The molecule has 22 heavy (non-hydrogen) atoms. The van der Waals surface area contributed by atoms with Crippen LogP contribution < -0.4 is 15.2 Å². The summed E-state index contributed by atoms with van der Waals surface area (Å²) >= 11 is 0.